The molecule has 1 aromatic carbocycles. The fourth-order valence-corrected chi connectivity index (χ4v) is 6.53. The van der Waals surface area contributed by atoms with Gasteiger partial charge in [0.25, 0.3) is 0 Å². The number of carbonyl (C=O) groups is 2. The van der Waals surface area contributed by atoms with E-state index in [0.29, 0.717) is 11.1 Å². The Morgan fingerprint density at radius 1 is 0.964 bits per heavy atom. The van der Waals surface area contributed by atoms with Crippen LogP contribution in [0.5, 0.6) is 0 Å². The number of nitrogens with one attached hydrogen (secondary N) is 1. The zero-order valence-corrected chi connectivity index (χ0v) is 17.1. The number of nitrogens with zero attached hydrogens (tertiary/aromatic N) is 1. The van der Waals surface area contributed by atoms with Gasteiger partial charge in [-0.05, 0) is 49.8 Å². The number of hydrogen-bond acceptors (Lipinski definition) is 4. The predicted octanol–water partition coefficient (Wildman–Crippen LogP) is 2.89. The Morgan fingerprint density at radius 2 is 1.54 bits per heavy atom. The molecule has 1 N–H and O–H groups in total. The van der Waals surface area contributed by atoms with Gasteiger partial charge < -0.3 is 0 Å². The predicted molar refractivity (Wildman–Crippen MR) is 105 cm³/mol. The second-order valence-corrected chi connectivity index (χ2v) is 10.1. The van der Waals surface area contributed by atoms with Crippen molar-refractivity contribution in [3.8, 4) is 0 Å². The number of hydrogen-bond donors (Lipinski definition) is 1. The summed E-state index contributed by atoms with van der Waals surface area (Å²) in [5.41, 5.74) is 1.35. The molecule has 1 aliphatic heterocycles. The largest absolute Gasteiger partial charge is 0.278 e. The van der Waals surface area contributed by atoms with Gasteiger partial charge in [-0.2, -0.15) is 0 Å². The van der Waals surface area contributed by atoms with E-state index >= 15 is 0 Å². The average Bonchev–Trinajstić information content (AvgIpc) is 3.25. The Bertz CT molecular complexity index is 866. The number of sulfonamides is 1. The molecule has 0 radical (unpaired) electrons. The van der Waals surface area contributed by atoms with E-state index in [9.17, 15) is 18.0 Å². The van der Waals surface area contributed by atoms with Gasteiger partial charge in [0, 0.05) is 6.04 Å². The van der Waals surface area contributed by atoms with E-state index in [-0.39, 0.29) is 41.1 Å². The molecule has 7 heteroatoms. The summed E-state index contributed by atoms with van der Waals surface area (Å²) in [6.07, 6.45) is 7.40. The van der Waals surface area contributed by atoms with Gasteiger partial charge in [-0.15, -0.1) is 0 Å². The first kappa shape index (κ1) is 19.6. The summed E-state index contributed by atoms with van der Waals surface area (Å²) in [5.74, 6) is -0.551. The number of imide groups is 1. The minimum Gasteiger partial charge on any atom is -0.278 e. The number of carbonyl (C=O) groups excluding carboxylic acids is 2. The van der Waals surface area contributed by atoms with Crippen LogP contribution in [-0.2, 0) is 26.2 Å². The molecule has 2 atom stereocenters. The third-order valence-electron chi connectivity index (χ3n) is 6.49. The molecule has 0 aromatic heterocycles. The van der Waals surface area contributed by atoms with E-state index in [2.05, 4.69) is 4.72 Å². The number of fused-ring (bicyclic) bond motifs is 1. The highest BCUT2D eigenvalue weighted by Crippen LogP contribution is 2.38. The van der Waals surface area contributed by atoms with Gasteiger partial charge in [0.2, 0.25) is 21.8 Å². The molecule has 2 aliphatic carbocycles. The molecule has 28 heavy (non-hydrogen) atoms. The molecular weight excluding hydrogens is 376 g/mol. The Balaban J connectivity index is 1.55. The number of rotatable bonds is 5. The first-order valence-corrected chi connectivity index (χ1v) is 11.8. The third kappa shape index (κ3) is 3.62. The van der Waals surface area contributed by atoms with E-state index in [1.165, 1.54) is 4.90 Å². The highest BCUT2D eigenvalue weighted by Gasteiger charge is 2.47. The van der Waals surface area contributed by atoms with Crippen molar-refractivity contribution < 1.29 is 18.0 Å². The lowest BCUT2D eigenvalue weighted by Crippen LogP contribution is -2.33. The Hall–Kier alpha value is -1.73. The van der Waals surface area contributed by atoms with Crippen molar-refractivity contribution in [2.45, 2.75) is 75.8 Å². The molecule has 1 aromatic rings. The highest BCUT2D eigenvalue weighted by atomic mass is 32.2. The van der Waals surface area contributed by atoms with Crippen molar-refractivity contribution in [1.29, 1.82) is 0 Å². The molecule has 4 rings (SSSR count). The van der Waals surface area contributed by atoms with Gasteiger partial charge in [-0.25, -0.2) is 13.1 Å². The summed E-state index contributed by atoms with van der Waals surface area (Å²) < 4.78 is 28.6. The molecule has 1 saturated heterocycles. The van der Waals surface area contributed by atoms with Crippen LogP contribution in [0.15, 0.2) is 23.1 Å². The maximum Gasteiger partial charge on any atom is 0.241 e. The second-order valence-electron chi connectivity index (χ2n) is 8.46. The van der Waals surface area contributed by atoms with E-state index in [1.54, 1.807) is 19.1 Å². The van der Waals surface area contributed by atoms with Crippen LogP contribution in [0.2, 0.25) is 0 Å². The van der Waals surface area contributed by atoms with Crippen molar-refractivity contribution in [3.05, 3.63) is 29.3 Å². The molecule has 6 nitrogen and oxygen atoms in total. The highest BCUT2D eigenvalue weighted by molar-refractivity contribution is 7.89. The summed E-state index contributed by atoms with van der Waals surface area (Å²) in [6, 6.07) is 5.19. The molecule has 0 spiro atoms. The van der Waals surface area contributed by atoms with Gasteiger partial charge in [0.05, 0.1) is 23.3 Å². The maximum atomic E-state index is 12.9. The summed E-state index contributed by atoms with van der Waals surface area (Å²) in [4.78, 5) is 27.0. The van der Waals surface area contributed by atoms with E-state index < -0.39 is 10.0 Å². The van der Waals surface area contributed by atoms with E-state index in [0.717, 1.165) is 51.4 Å². The quantitative estimate of drug-likeness (QED) is 0.765. The molecule has 0 unspecified atom stereocenters. The minimum atomic E-state index is -3.62. The molecule has 0 bridgehead atoms. The Kier molecular flexibility index (Phi) is 5.31. The lowest BCUT2D eigenvalue weighted by molar-refractivity contribution is -0.140. The number of likely N-dealkylation sites (tertiary alicyclic amines) is 1. The summed E-state index contributed by atoms with van der Waals surface area (Å²) in [6.45, 7) is 1.92. The number of amides is 2. The second kappa shape index (κ2) is 7.59. The Morgan fingerprint density at radius 3 is 2.14 bits per heavy atom. The van der Waals surface area contributed by atoms with Gasteiger partial charge in [-0.3, -0.25) is 14.5 Å². The smallest absolute Gasteiger partial charge is 0.241 e. The standard InChI is InChI=1S/C21H28N2O4S/c1-14-10-11-15(12-19(14)28(26,27)22-16-6-2-3-7-16)13-23-20(24)17-8-4-5-9-18(17)21(23)25/h10-12,16-18,22H,2-9,13H2,1H3/t17-,18-/m0/s1. The third-order valence-corrected chi connectivity index (χ3v) is 8.15. The summed E-state index contributed by atoms with van der Waals surface area (Å²) in [5, 5.41) is 0. The zero-order chi connectivity index (χ0) is 19.9. The monoisotopic (exact) mass is 404 g/mol. The van der Waals surface area contributed by atoms with Crippen molar-refractivity contribution in [1.82, 2.24) is 9.62 Å². The van der Waals surface area contributed by atoms with Crippen LogP contribution < -0.4 is 4.72 Å². The fraction of sp³-hybridized carbons (Fsp3) is 0.619. The molecule has 3 aliphatic rings. The fourth-order valence-electron chi connectivity index (χ4n) is 4.93. The lowest BCUT2D eigenvalue weighted by atomic mass is 9.81. The van der Waals surface area contributed by atoms with Gasteiger partial charge in [-0.1, -0.05) is 37.8 Å². The normalized spacial score (nSPS) is 26.1. The van der Waals surface area contributed by atoms with Crippen LogP contribution in [0.25, 0.3) is 0 Å². The molecule has 3 fully saturated rings. The van der Waals surface area contributed by atoms with Crippen LogP contribution in [0.4, 0.5) is 0 Å². The Labute approximate surface area is 166 Å². The molecular formula is C21H28N2O4S. The minimum absolute atomic E-state index is 0.00193. The molecule has 1 heterocycles. The molecule has 152 valence electrons. The molecule has 2 saturated carbocycles. The van der Waals surface area contributed by atoms with Crippen LogP contribution in [0.3, 0.4) is 0 Å². The van der Waals surface area contributed by atoms with Crippen molar-refractivity contribution in [3.63, 3.8) is 0 Å². The van der Waals surface area contributed by atoms with Crippen LogP contribution in [0, 0.1) is 18.8 Å². The summed E-state index contributed by atoms with van der Waals surface area (Å²) in [7, 11) is -3.62. The number of benzene rings is 1. The zero-order valence-electron chi connectivity index (χ0n) is 16.3. The van der Waals surface area contributed by atoms with E-state index in [1.807, 2.05) is 6.07 Å². The topological polar surface area (TPSA) is 83.6 Å². The van der Waals surface area contributed by atoms with E-state index in [4.69, 9.17) is 0 Å². The van der Waals surface area contributed by atoms with Gasteiger partial charge in [0.1, 0.15) is 0 Å². The van der Waals surface area contributed by atoms with Crippen LogP contribution in [-0.4, -0.2) is 31.2 Å². The average molecular weight is 405 g/mol. The van der Waals surface area contributed by atoms with Crippen LogP contribution in [0.1, 0.15) is 62.5 Å². The van der Waals surface area contributed by atoms with Gasteiger partial charge >= 0.3 is 0 Å². The molecule has 2 amide bonds. The van der Waals surface area contributed by atoms with Crippen molar-refractivity contribution >= 4 is 21.8 Å². The van der Waals surface area contributed by atoms with Crippen LogP contribution >= 0.6 is 0 Å². The van der Waals surface area contributed by atoms with Gasteiger partial charge in [0.15, 0.2) is 0 Å². The number of aryl methyl sites for hydroxylation is 1. The summed E-state index contributed by atoms with van der Waals surface area (Å²) >= 11 is 0. The lowest BCUT2D eigenvalue weighted by Gasteiger charge is -2.19. The van der Waals surface area contributed by atoms with Crippen molar-refractivity contribution in [2.24, 2.45) is 11.8 Å². The first-order valence-electron chi connectivity index (χ1n) is 10.3. The van der Waals surface area contributed by atoms with Crippen molar-refractivity contribution in [2.75, 3.05) is 0 Å². The first-order chi connectivity index (χ1) is 13.4. The SMILES string of the molecule is Cc1ccc(CN2C(=O)[C@H]3CCCC[C@@H]3C2=O)cc1S(=O)(=O)NC1CCCC1. The maximum absolute atomic E-state index is 12.9.